The van der Waals surface area contributed by atoms with Crippen LogP contribution in [0.2, 0.25) is 0 Å². The molecule has 0 heterocycles. The van der Waals surface area contributed by atoms with Crippen molar-refractivity contribution < 1.29 is 33.8 Å². The summed E-state index contributed by atoms with van der Waals surface area (Å²) in [5.41, 5.74) is -1.19. The molecule has 0 spiro atoms. The molecule has 0 amide bonds. The summed E-state index contributed by atoms with van der Waals surface area (Å²) in [5, 5.41) is 29.9. The lowest BCUT2D eigenvalue weighted by molar-refractivity contribution is -0.878. The van der Waals surface area contributed by atoms with Crippen molar-refractivity contribution in [1.82, 2.24) is 0 Å². The first-order valence-electron chi connectivity index (χ1n) is 8.11. The highest BCUT2D eigenvalue weighted by Gasteiger charge is 2.40. The van der Waals surface area contributed by atoms with Gasteiger partial charge in [-0.3, -0.25) is 0 Å². The Hall–Kier alpha value is -0.280. The van der Waals surface area contributed by atoms with Crippen molar-refractivity contribution in [2.45, 2.75) is 24.7 Å². The molecule has 0 aromatic carbocycles. The van der Waals surface area contributed by atoms with Crippen LogP contribution in [0.25, 0.3) is 0 Å². The molecule has 0 aliphatic rings. The quantitative estimate of drug-likeness (QED) is 0.311. The van der Waals surface area contributed by atoms with E-state index in [4.69, 9.17) is 14.6 Å². The van der Waals surface area contributed by atoms with Crippen molar-refractivity contribution in [3.8, 4) is 0 Å². The summed E-state index contributed by atoms with van der Waals surface area (Å²) in [7, 11) is 12.0. The van der Waals surface area contributed by atoms with Crippen molar-refractivity contribution >= 4 is 0 Å². The first kappa shape index (κ1) is 22.7. The van der Waals surface area contributed by atoms with Gasteiger partial charge in [0, 0.05) is 0 Å². The van der Waals surface area contributed by atoms with Gasteiger partial charge in [0.1, 0.15) is 19.2 Å². The van der Waals surface area contributed by atoms with E-state index in [1.807, 2.05) is 42.3 Å². The Morgan fingerprint density at radius 3 is 2.04 bits per heavy atom. The van der Waals surface area contributed by atoms with E-state index in [9.17, 15) is 10.2 Å². The molecule has 7 nitrogen and oxygen atoms in total. The summed E-state index contributed by atoms with van der Waals surface area (Å²) in [6.07, 6.45) is -1.09. The molecule has 0 aromatic heterocycles. The molecule has 0 saturated carbocycles. The van der Waals surface area contributed by atoms with Crippen LogP contribution in [0.3, 0.4) is 0 Å². The third kappa shape index (κ3) is 11.0. The maximum atomic E-state index is 11.0. The number of quaternary nitrogens is 2. The second-order valence-electron chi connectivity index (χ2n) is 8.43. The van der Waals surface area contributed by atoms with Crippen molar-refractivity contribution in [2.24, 2.45) is 0 Å². The smallest absolute Gasteiger partial charge is 0.162 e. The normalized spacial score (nSPS) is 18.5. The Bertz CT molecular complexity index is 327. The van der Waals surface area contributed by atoms with Gasteiger partial charge in [0.15, 0.2) is 5.60 Å². The van der Waals surface area contributed by atoms with Crippen LogP contribution in [-0.2, 0) is 9.47 Å². The summed E-state index contributed by atoms with van der Waals surface area (Å²) >= 11 is 0. The summed E-state index contributed by atoms with van der Waals surface area (Å²) in [5.74, 6) is 0. The van der Waals surface area contributed by atoms with Gasteiger partial charge in [-0.15, -0.1) is 0 Å². The second kappa shape index (κ2) is 9.27. The highest BCUT2D eigenvalue weighted by atomic mass is 16.5. The van der Waals surface area contributed by atoms with Gasteiger partial charge in [0.05, 0.1) is 74.8 Å². The molecule has 3 unspecified atom stereocenters. The largest absolute Gasteiger partial charge is 0.394 e. The van der Waals surface area contributed by atoms with Gasteiger partial charge >= 0.3 is 0 Å². The minimum Gasteiger partial charge on any atom is -0.394 e. The number of likely N-dealkylation sites (N-methyl/N-ethyl adjacent to an activating group) is 2. The monoisotopic (exact) mass is 338 g/mol. The fourth-order valence-corrected chi connectivity index (χ4v) is 2.52. The molecule has 3 N–H and O–H groups in total. The van der Waals surface area contributed by atoms with Crippen LogP contribution in [-0.4, -0.2) is 124 Å². The molecular weight excluding hydrogens is 300 g/mol. The van der Waals surface area contributed by atoms with E-state index in [1.54, 1.807) is 6.92 Å². The van der Waals surface area contributed by atoms with Gasteiger partial charge in [-0.1, -0.05) is 0 Å². The minimum atomic E-state index is -1.19. The molecule has 7 heteroatoms. The lowest BCUT2D eigenvalue weighted by atomic mass is 9.97. The number of nitrogens with zero attached hydrogens (tertiary/aromatic N) is 2. The minimum absolute atomic E-state index is 0.0790. The van der Waals surface area contributed by atoms with E-state index in [-0.39, 0.29) is 26.4 Å². The summed E-state index contributed by atoms with van der Waals surface area (Å²) in [6, 6.07) is 0. The lowest BCUT2D eigenvalue weighted by Crippen LogP contribution is -2.58. The molecule has 0 fully saturated rings. The van der Waals surface area contributed by atoms with Crippen LogP contribution >= 0.6 is 0 Å². The van der Waals surface area contributed by atoms with E-state index < -0.39 is 17.8 Å². The van der Waals surface area contributed by atoms with E-state index >= 15 is 0 Å². The number of hydrogen-bond donors (Lipinski definition) is 3. The highest BCUT2D eigenvalue weighted by Crippen LogP contribution is 2.19. The number of rotatable bonds is 12. The highest BCUT2D eigenvalue weighted by molar-refractivity contribution is 4.85. The van der Waals surface area contributed by atoms with Gasteiger partial charge in [0.2, 0.25) is 0 Å². The van der Waals surface area contributed by atoms with Crippen LogP contribution in [0.1, 0.15) is 6.92 Å². The Kier molecular flexibility index (Phi) is 9.15. The molecule has 3 atom stereocenters. The molecule has 0 saturated heterocycles. The summed E-state index contributed by atoms with van der Waals surface area (Å²) < 4.78 is 12.3. The summed E-state index contributed by atoms with van der Waals surface area (Å²) in [6.45, 7) is 3.13. The van der Waals surface area contributed by atoms with Crippen LogP contribution in [0.15, 0.2) is 0 Å². The van der Waals surface area contributed by atoms with Crippen molar-refractivity contribution in [3.05, 3.63) is 0 Å². The van der Waals surface area contributed by atoms with Gasteiger partial charge in [-0.05, 0) is 6.92 Å². The Morgan fingerprint density at radius 1 is 1.04 bits per heavy atom. The number of hydrogen-bond acceptors (Lipinski definition) is 5. The van der Waals surface area contributed by atoms with Gasteiger partial charge < -0.3 is 33.8 Å². The predicted octanol–water partition coefficient (Wildman–Crippen LogP) is -1.10. The average molecular weight is 338 g/mol. The van der Waals surface area contributed by atoms with E-state index in [0.717, 1.165) is 0 Å². The van der Waals surface area contributed by atoms with Crippen molar-refractivity contribution in [2.75, 3.05) is 81.8 Å². The first-order chi connectivity index (χ1) is 10.3. The van der Waals surface area contributed by atoms with Crippen LogP contribution in [0, 0.1) is 0 Å². The standard InChI is InChI=1S/C16H38N2O5/c1-14(23-11-15(20)10-17(2,3)4)16(21,12-18(5,6)7)13-22-9-8-19/h14-15,19-21H,8-13H2,1-7H3/q+2. The maximum absolute atomic E-state index is 11.0. The molecule has 0 radical (unpaired) electrons. The third-order valence-electron chi connectivity index (χ3n) is 3.39. The molecular formula is C16H38N2O5+2. The van der Waals surface area contributed by atoms with E-state index in [2.05, 4.69) is 0 Å². The van der Waals surface area contributed by atoms with Crippen LogP contribution < -0.4 is 0 Å². The Balaban J connectivity index is 4.69. The van der Waals surface area contributed by atoms with Gasteiger partial charge in [-0.2, -0.15) is 0 Å². The summed E-state index contributed by atoms with van der Waals surface area (Å²) in [4.78, 5) is 0. The number of ether oxygens (including phenoxy) is 2. The molecule has 0 aromatic rings. The van der Waals surface area contributed by atoms with Crippen LogP contribution in [0.4, 0.5) is 0 Å². The first-order valence-corrected chi connectivity index (χ1v) is 8.11. The zero-order chi connectivity index (χ0) is 18.3. The fraction of sp³-hybridized carbons (Fsp3) is 1.00. The Labute approximate surface area is 141 Å². The van der Waals surface area contributed by atoms with Crippen molar-refractivity contribution in [1.29, 1.82) is 0 Å². The van der Waals surface area contributed by atoms with Crippen LogP contribution in [0.5, 0.6) is 0 Å². The molecule has 0 rings (SSSR count). The van der Waals surface area contributed by atoms with Crippen molar-refractivity contribution in [3.63, 3.8) is 0 Å². The zero-order valence-corrected chi connectivity index (χ0v) is 15.9. The maximum Gasteiger partial charge on any atom is 0.162 e. The number of aliphatic hydroxyl groups is 3. The fourth-order valence-electron chi connectivity index (χ4n) is 2.52. The third-order valence-corrected chi connectivity index (χ3v) is 3.39. The predicted molar refractivity (Wildman–Crippen MR) is 90.1 cm³/mol. The average Bonchev–Trinajstić information content (AvgIpc) is 2.32. The lowest BCUT2D eigenvalue weighted by Gasteiger charge is -2.39. The topological polar surface area (TPSA) is 79.2 Å². The number of aliphatic hydroxyl groups excluding tert-OH is 2. The van der Waals surface area contributed by atoms with E-state index in [1.165, 1.54) is 0 Å². The molecule has 0 aliphatic carbocycles. The van der Waals surface area contributed by atoms with Gasteiger partial charge in [0.25, 0.3) is 0 Å². The zero-order valence-electron chi connectivity index (χ0n) is 15.9. The second-order valence-corrected chi connectivity index (χ2v) is 8.43. The molecule has 0 bridgehead atoms. The van der Waals surface area contributed by atoms with Gasteiger partial charge in [-0.25, -0.2) is 0 Å². The molecule has 23 heavy (non-hydrogen) atoms. The Morgan fingerprint density at radius 2 is 1.61 bits per heavy atom. The van der Waals surface area contributed by atoms with E-state index in [0.29, 0.717) is 22.1 Å². The SMILES string of the molecule is CC(OCC(O)C[N+](C)(C)C)C(O)(COCCO)C[N+](C)(C)C. The molecule has 0 aliphatic heterocycles. The molecule has 140 valence electrons.